The fraction of sp³-hybridized carbons (Fsp3) is 0.273. The Morgan fingerprint density at radius 1 is 1.53 bits per heavy atom. The van der Waals surface area contributed by atoms with E-state index in [0.717, 1.165) is 5.56 Å². The van der Waals surface area contributed by atoms with E-state index in [1.165, 1.54) is 7.11 Å². The van der Waals surface area contributed by atoms with Gasteiger partial charge < -0.3 is 10.1 Å². The molecule has 0 radical (unpaired) electrons. The summed E-state index contributed by atoms with van der Waals surface area (Å²) in [7, 11) is 1.43. The Hall–Kier alpha value is -1.86. The minimum Gasteiger partial charge on any atom is -0.375 e. The molecular formula is C11H12N2O2. The number of carbonyl (C=O) groups excluding carboxylic acids is 1. The van der Waals surface area contributed by atoms with Gasteiger partial charge in [-0.2, -0.15) is 5.26 Å². The van der Waals surface area contributed by atoms with E-state index in [4.69, 9.17) is 5.26 Å². The van der Waals surface area contributed by atoms with Gasteiger partial charge in [0, 0.05) is 7.11 Å². The van der Waals surface area contributed by atoms with E-state index in [9.17, 15) is 4.79 Å². The molecule has 1 atom stereocenters. The van der Waals surface area contributed by atoms with Crippen LogP contribution in [-0.2, 0) is 9.53 Å². The Morgan fingerprint density at radius 2 is 2.20 bits per heavy atom. The van der Waals surface area contributed by atoms with Crippen LogP contribution < -0.4 is 5.32 Å². The Labute approximate surface area is 88.5 Å². The van der Waals surface area contributed by atoms with E-state index in [1.54, 1.807) is 12.1 Å². The molecule has 0 aliphatic carbocycles. The van der Waals surface area contributed by atoms with Crippen LogP contribution in [0.4, 0.5) is 0 Å². The molecule has 0 bridgehead atoms. The number of methoxy groups -OCH3 is 1. The van der Waals surface area contributed by atoms with Crippen molar-refractivity contribution in [1.82, 2.24) is 5.32 Å². The average Bonchev–Trinajstić information content (AvgIpc) is 2.27. The molecular weight excluding hydrogens is 192 g/mol. The van der Waals surface area contributed by atoms with Crippen LogP contribution in [0.25, 0.3) is 0 Å². The maximum absolute atomic E-state index is 11.2. The number of nitrogens with zero attached hydrogens (tertiary/aromatic N) is 1. The molecule has 0 aliphatic heterocycles. The van der Waals surface area contributed by atoms with Crippen LogP contribution in [0, 0.1) is 11.3 Å². The SMILES string of the molecule is COCC(=O)NC(C#N)c1ccccc1. The maximum atomic E-state index is 11.2. The van der Waals surface area contributed by atoms with Gasteiger partial charge in [0.15, 0.2) is 0 Å². The van der Waals surface area contributed by atoms with Crippen LogP contribution in [-0.4, -0.2) is 19.6 Å². The van der Waals surface area contributed by atoms with Gasteiger partial charge in [0.25, 0.3) is 0 Å². The predicted octanol–water partition coefficient (Wildman–Crippen LogP) is 1.01. The largest absolute Gasteiger partial charge is 0.375 e. The summed E-state index contributed by atoms with van der Waals surface area (Å²) in [5.41, 5.74) is 0.768. The van der Waals surface area contributed by atoms with Crippen molar-refractivity contribution in [3.8, 4) is 6.07 Å². The number of nitriles is 1. The summed E-state index contributed by atoms with van der Waals surface area (Å²) in [5.74, 6) is -0.298. The number of rotatable bonds is 4. The first-order valence-electron chi connectivity index (χ1n) is 4.50. The molecule has 0 aromatic heterocycles. The molecule has 0 saturated carbocycles. The topological polar surface area (TPSA) is 62.1 Å². The molecule has 4 heteroatoms. The van der Waals surface area contributed by atoms with Gasteiger partial charge in [0.05, 0.1) is 6.07 Å². The highest BCUT2D eigenvalue weighted by Gasteiger charge is 2.12. The van der Waals surface area contributed by atoms with Crippen LogP contribution >= 0.6 is 0 Å². The molecule has 1 amide bonds. The summed E-state index contributed by atoms with van der Waals surface area (Å²) < 4.78 is 4.66. The van der Waals surface area contributed by atoms with Gasteiger partial charge in [0.2, 0.25) is 5.91 Å². The molecule has 15 heavy (non-hydrogen) atoms. The van der Waals surface area contributed by atoms with Crippen molar-refractivity contribution in [3.63, 3.8) is 0 Å². The summed E-state index contributed by atoms with van der Waals surface area (Å²) in [4.78, 5) is 11.2. The lowest BCUT2D eigenvalue weighted by atomic mass is 10.1. The third-order valence-electron chi connectivity index (χ3n) is 1.84. The average molecular weight is 204 g/mol. The monoisotopic (exact) mass is 204 g/mol. The number of hydrogen-bond acceptors (Lipinski definition) is 3. The number of carbonyl (C=O) groups is 1. The van der Waals surface area contributed by atoms with E-state index < -0.39 is 6.04 Å². The number of amides is 1. The van der Waals surface area contributed by atoms with Crippen molar-refractivity contribution in [2.24, 2.45) is 0 Å². The Balaban J connectivity index is 2.66. The van der Waals surface area contributed by atoms with E-state index >= 15 is 0 Å². The fourth-order valence-corrected chi connectivity index (χ4v) is 1.17. The van der Waals surface area contributed by atoms with E-state index in [2.05, 4.69) is 10.1 Å². The first-order valence-corrected chi connectivity index (χ1v) is 4.50. The molecule has 0 aliphatic rings. The minimum absolute atomic E-state index is 0.0367. The van der Waals surface area contributed by atoms with Gasteiger partial charge in [-0.05, 0) is 5.56 Å². The lowest BCUT2D eigenvalue weighted by molar-refractivity contribution is -0.125. The molecule has 0 saturated heterocycles. The van der Waals surface area contributed by atoms with Crippen LogP contribution in [0.3, 0.4) is 0 Å². The highest BCUT2D eigenvalue weighted by Crippen LogP contribution is 2.10. The Kier molecular flexibility index (Phi) is 4.32. The van der Waals surface area contributed by atoms with Crippen molar-refractivity contribution in [3.05, 3.63) is 35.9 Å². The second-order valence-electron chi connectivity index (χ2n) is 2.97. The van der Waals surface area contributed by atoms with Crippen molar-refractivity contribution in [2.45, 2.75) is 6.04 Å². The van der Waals surface area contributed by atoms with Crippen molar-refractivity contribution in [1.29, 1.82) is 5.26 Å². The lowest BCUT2D eigenvalue weighted by Crippen LogP contribution is -2.30. The van der Waals surface area contributed by atoms with Crippen LogP contribution in [0.1, 0.15) is 11.6 Å². The molecule has 1 aromatic carbocycles. The van der Waals surface area contributed by atoms with Gasteiger partial charge in [-0.15, -0.1) is 0 Å². The van der Waals surface area contributed by atoms with Gasteiger partial charge in [-0.25, -0.2) is 0 Å². The molecule has 1 N–H and O–H groups in total. The van der Waals surface area contributed by atoms with Gasteiger partial charge in [-0.1, -0.05) is 30.3 Å². The van der Waals surface area contributed by atoms with E-state index in [-0.39, 0.29) is 12.5 Å². The minimum atomic E-state index is -0.617. The molecule has 0 fully saturated rings. The highest BCUT2D eigenvalue weighted by atomic mass is 16.5. The van der Waals surface area contributed by atoms with E-state index in [1.807, 2.05) is 24.3 Å². The fourth-order valence-electron chi connectivity index (χ4n) is 1.17. The maximum Gasteiger partial charge on any atom is 0.247 e. The third kappa shape index (κ3) is 3.41. The van der Waals surface area contributed by atoms with Crippen LogP contribution in [0.15, 0.2) is 30.3 Å². The molecule has 4 nitrogen and oxygen atoms in total. The summed E-state index contributed by atoms with van der Waals surface area (Å²) in [6.45, 7) is -0.0367. The molecule has 1 unspecified atom stereocenters. The van der Waals surface area contributed by atoms with Gasteiger partial charge in [0.1, 0.15) is 12.6 Å². The second kappa shape index (κ2) is 5.78. The summed E-state index contributed by atoms with van der Waals surface area (Å²) in [6, 6.07) is 10.5. The van der Waals surface area contributed by atoms with Crippen molar-refractivity contribution < 1.29 is 9.53 Å². The summed E-state index contributed by atoms with van der Waals surface area (Å²) >= 11 is 0. The smallest absolute Gasteiger partial charge is 0.247 e. The molecule has 78 valence electrons. The quantitative estimate of drug-likeness (QED) is 0.796. The second-order valence-corrected chi connectivity index (χ2v) is 2.97. The number of benzene rings is 1. The zero-order chi connectivity index (χ0) is 11.1. The molecule has 0 heterocycles. The first kappa shape index (κ1) is 11.2. The zero-order valence-electron chi connectivity index (χ0n) is 8.43. The Morgan fingerprint density at radius 3 is 2.73 bits per heavy atom. The number of nitrogens with one attached hydrogen (secondary N) is 1. The standard InChI is InChI=1S/C11H12N2O2/c1-15-8-11(14)13-10(7-12)9-5-3-2-4-6-9/h2-6,10H,8H2,1H3,(H,13,14). The Bertz CT molecular complexity index is 357. The van der Waals surface area contributed by atoms with Gasteiger partial charge >= 0.3 is 0 Å². The molecule has 0 spiro atoms. The van der Waals surface area contributed by atoms with Crippen molar-refractivity contribution >= 4 is 5.91 Å². The number of ether oxygens (including phenoxy) is 1. The normalized spacial score (nSPS) is 11.5. The first-order chi connectivity index (χ1) is 7.27. The van der Waals surface area contributed by atoms with E-state index in [0.29, 0.717) is 0 Å². The van der Waals surface area contributed by atoms with Gasteiger partial charge in [-0.3, -0.25) is 4.79 Å². The molecule has 1 aromatic rings. The summed E-state index contributed by atoms with van der Waals surface area (Å²) in [5, 5.41) is 11.4. The number of hydrogen-bond donors (Lipinski definition) is 1. The summed E-state index contributed by atoms with van der Waals surface area (Å²) in [6.07, 6.45) is 0. The highest BCUT2D eigenvalue weighted by molar-refractivity contribution is 5.78. The zero-order valence-corrected chi connectivity index (χ0v) is 8.43. The third-order valence-corrected chi connectivity index (χ3v) is 1.84. The lowest BCUT2D eigenvalue weighted by Gasteiger charge is -2.11. The van der Waals surface area contributed by atoms with Crippen LogP contribution in [0.2, 0.25) is 0 Å². The predicted molar refractivity (Wildman–Crippen MR) is 54.8 cm³/mol. The van der Waals surface area contributed by atoms with Crippen molar-refractivity contribution in [2.75, 3.05) is 13.7 Å². The molecule has 1 rings (SSSR count). The van der Waals surface area contributed by atoms with Crippen LogP contribution in [0.5, 0.6) is 0 Å².